The molecule has 18 aromatic rings. The minimum atomic E-state index is 0.785. The van der Waals surface area contributed by atoms with Crippen molar-refractivity contribution >= 4 is 119 Å². The fraction of sp³-hybridized carbons (Fsp3) is 0. The smallest absolute Gasteiger partial charge is 0.181 e. The Morgan fingerprint density at radius 2 is 0.729 bits per heavy atom. The van der Waals surface area contributed by atoms with E-state index in [4.69, 9.17) is 14.4 Å². The third-order valence-corrected chi connectivity index (χ3v) is 17.9. The van der Waals surface area contributed by atoms with Crippen molar-refractivity contribution in [3.05, 3.63) is 286 Å². The molecule has 0 saturated heterocycles. The molecule has 0 fully saturated rings. The molecule has 0 unspecified atom stereocenters. The van der Waals surface area contributed by atoms with Crippen LogP contribution in [-0.4, -0.2) is 15.0 Å². The zero-order chi connectivity index (χ0) is 55.7. The van der Waals surface area contributed by atoms with Gasteiger partial charge in [0.25, 0.3) is 0 Å². The van der Waals surface area contributed by atoms with Gasteiger partial charge < -0.3 is 4.42 Å². The summed E-state index contributed by atoms with van der Waals surface area (Å²) in [4.78, 5) is 14.5. The highest BCUT2D eigenvalue weighted by Crippen LogP contribution is 2.44. The lowest BCUT2D eigenvalue weighted by Crippen LogP contribution is -1.91. The van der Waals surface area contributed by atoms with Gasteiger partial charge in [0.05, 0.1) is 11.0 Å². The number of fused-ring (bicyclic) bond motifs is 16. The molecular formula is C81H47N3O. The molecule has 0 radical (unpaired) electrons. The van der Waals surface area contributed by atoms with E-state index in [1.807, 2.05) is 24.5 Å². The molecule has 0 aliphatic heterocycles. The van der Waals surface area contributed by atoms with Gasteiger partial charge in [-0.1, -0.05) is 188 Å². The van der Waals surface area contributed by atoms with Crippen LogP contribution < -0.4 is 0 Å². The van der Waals surface area contributed by atoms with Gasteiger partial charge in [-0.2, -0.15) is 0 Å². The highest BCUT2D eigenvalue weighted by atomic mass is 16.3. The average molecular weight is 1080 g/mol. The predicted octanol–water partition coefficient (Wildman–Crippen LogP) is 22.2. The first-order valence-electron chi connectivity index (χ1n) is 29.0. The van der Waals surface area contributed by atoms with Crippen LogP contribution in [0.25, 0.3) is 186 Å². The van der Waals surface area contributed by atoms with Crippen molar-refractivity contribution in [1.29, 1.82) is 0 Å². The maximum atomic E-state index is 5.65. The standard InChI is InChI=1S/C81H47N3O/c1-2-8-52-38-64(26-14-48(52)7-1)71-42-62-9-3-4-13-68(62)79-70(71)32-28-50-17-21-60(41-74(50)79)57-23-22-56-37-58(25-24-55(56)36-57)67-44-75-72(43-66-12-6-34-82-80(66)81(75)83-46-67)65-29-31-69-63(39-65)27-19-51-18-15-49-16-20-59(40-73(49)78(51)69)53-10-5-11-54(35-53)61-30-33-76-77(45-61)85-47-84-76/h1-47H. The Kier molecular flexibility index (Phi) is 10.4. The van der Waals surface area contributed by atoms with Crippen molar-refractivity contribution in [2.45, 2.75) is 0 Å². The summed E-state index contributed by atoms with van der Waals surface area (Å²) in [5.74, 6) is 0. The molecule has 3 heterocycles. The van der Waals surface area contributed by atoms with E-state index < -0.39 is 0 Å². The third-order valence-electron chi connectivity index (χ3n) is 17.9. The predicted molar refractivity (Wildman–Crippen MR) is 357 cm³/mol. The summed E-state index contributed by atoms with van der Waals surface area (Å²) < 4.78 is 5.65. The zero-order valence-electron chi connectivity index (χ0n) is 45.9. The van der Waals surface area contributed by atoms with Gasteiger partial charge in [-0.3, -0.25) is 9.97 Å². The van der Waals surface area contributed by atoms with Crippen LogP contribution in [0.5, 0.6) is 0 Å². The number of hydrogen-bond acceptors (Lipinski definition) is 4. The van der Waals surface area contributed by atoms with E-state index in [1.165, 1.54) is 120 Å². The van der Waals surface area contributed by atoms with Crippen LogP contribution >= 0.6 is 0 Å². The summed E-state index contributed by atoms with van der Waals surface area (Å²) in [7, 11) is 0. The largest absolute Gasteiger partial charge is 0.443 e. The Morgan fingerprint density at radius 1 is 0.235 bits per heavy atom. The van der Waals surface area contributed by atoms with Gasteiger partial charge in [-0.25, -0.2) is 4.98 Å². The second kappa shape index (κ2) is 18.6. The van der Waals surface area contributed by atoms with E-state index in [0.717, 1.165) is 71.8 Å². The number of oxazole rings is 1. The Morgan fingerprint density at radius 3 is 1.54 bits per heavy atom. The summed E-state index contributed by atoms with van der Waals surface area (Å²) in [6.07, 6.45) is 5.39. The van der Waals surface area contributed by atoms with Crippen LogP contribution in [0.15, 0.2) is 290 Å². The van der Waals surface area contributed by atoms with E-state index in [0.29, 0.717) is 0 Å². The summed E-state index contributed by atoms with van der Waals surface area (Å²) in [6.45, 7) is 0. The lowest BCUT2D eigenvalue weighted by molar-refractivity contribution is 0.602. The molecule has 0 bridgehead atoms. The zero-order valence-corrected chi connectivity index (χ0v) is 45.9. The van der Waals surface area contributed by atoms with Crippen LogP contribution in [0.2, 0.25) is 0 Å². The number of aromatic nitrogens is 3. The lowest BCUT2D eigenvalue weighted by atomic mass is 9.88. The molecule has 0 aliphatic carbocycles. The van der Waals surface area contributed by atoms with E-state index >= 15 is 0 Å². The van der Waals surface area contributed by atoms with Gasteiger partial charge in [0, 0.05) is 28.7 Å². The highest BCUT2D eigenvalue weighted by Gasteiger charge is 2.18. The highest BCUT2D eigenvalue weighted by molar-refractivity contribution is 6.25. The first kappa shape index (κ1) is 47.3. The average Bonchev–Trinajstić information content (AvgIpc) is 2.88. The molecule has 4 nitrogen and oxygen atoms in total. The summed E-state index contributed by atoms with van der Waals surface area (Å²) in [5.41, 5.74) is 17.3. The Labute approximate surface area is 488 Å². The van der Waals surface area contributed by atoms with Gasteiger partial charge in [0.2, 0.25) is 0 Å². The molecule has 15 aromatic carbocycles. The molecule has 0 saturated carbocycles. The number of rotatable bonds is 6. The number of benzene rings is 15. The second-order valence-corrected chi connectivity index (χ2v) is 22.7. The topological polar surface area (TPSA) is 51.8 Å². The molecule has 4 heteroatoms. The van der Waals surface area contributed by atoms with Crippen LogP contribution in [0.4, 0.5) is 0 Å². The fourth-order valence-electron chi connectivity index (χ4n) is 13.7. The molecule has 392 valence electrons. The van der Waals surface area contributed by atoms with E-state index in [-0.39, 0.29) is 0 Å². The van der Waals surface area contributed by atoms with Crippen molar-refractivity contribution in [3.63, 3.8) is 0 Å². The van der Waals surface area contributed by atoms with Crippen molar-refractivity contribution < 1.29 is 4.42 Å². The molecule has 0 atom stereocenters. The van der Waals surface area contributed by atoms with Gasteiger partial charge in [-0.05, 0) is 226 Å². The van der Waals surface area contributed by atoms with Crippen LogP contribution in [0.3, 0.4) is 0 Å². The first-order valence-corrected chi connectivity index (χ1v) is 29.0. The van der Waals surface area contributed by atoms with Crippen LogP contribution in [0, 0.1) is 0 Å². The van der Waals surface area contributed by atoms with Gasteiger partial charge in [0.1, 0.15) is 5.52 Å². The normalized spacial score (nSPS) is 12.0. The minimum Gasteiger partial charge on any atom is -0.443 e. The van der Waals surface area contributed by atoms with Gasteiger partial charge in [-0.15, -0.1) is 0 Å². The molecule has 0 aliphatic rings. The number of hydrogen-bond donors (Lipinski definition) is 0. The maximum absolute atomic E-state index is 5.65. The molecular weight excluding hydrogens is 1030 g/mol. The van der Waals surface area contributed by atoms with E-state index in [2.05, 4.69) is 260 Å². The lowest BCUT2D eigenvalue weighted by Gasteiger charge is -2.15. The van der Waals surface area contributed by atoms with Crippen molar-refractivity contribution in [2.24, 2.45) is 0 Å². The molecule has 0 amide bonds. The maximum Gasteiger partial charge on any atom is 0.181 e. The summed E-state index contributed by atoms with van der Waals surface area (Å²) in [5, 5.41) is 21.8. The Balaban J connectivity index is 0.711. The van der Waals surface area contributed by atoms with Crippen molar-refractivity contribution in [2.75, 3.05) is 0 Å². The summed E-state index contributed by atoms with van der Waals surface area (Å²) >= 11 is 0. The van der Waals surface area contributed by atoms with Crippen molar-refractivity contribution in [3.8, 4) is 66.8 Å². The molecule has 0 N–H and O–H groups in total. The SMILES string of the molecule is c1cc(-c2ccc3ncoc3c2)cc(-c2ccc3ccc4ccc5cc(-c6cc7cccnc7c7ncc(-c8ccc9cc(-c%10ccc%11ccc%12c(-c%13ccc%14ccccc%14c%13)cc%13ccccc%13c%12c%11c%10)ccc9c8)cc67)ccc5c4c3c2)c1. The quantitative estimate of drug-likeness (QED) is 0.156. The molecule has 0 spiro atoms. The Hall–Kier alpha value is -11.3. The monoisotopic (exact) mass is 1080 g/mol. The number of nitrogens with zero attached hydrogens (tertiary/aromatic N) is 3. The van der Waals surface area contributed by atoms with E-state index in [9.17, 15) is 0 Å². The fourth-order valence-corrected chi connectivity index (χ4v) is 13.7. The van der Waals surface area contributed by atoms with Gasteiger partial charge >= 0.3 is 0 Å². The van der Waals surface area contributed by atoms with Gasteiger partial charge in [0.15, 0.2) is 12.0 Å². The summed E-state index contributed by atoms with van der Waals surface area (Å²) in [6, 6.07) is 98.6. The third kappa shape index (κ3) is 7.73. The minimum absolute atomic E-state index is 0.785. The second-order valence-electron chi connectivity index (χ2n) is 22.7. The molecule has 18 rings (SSSR count). The van der Waals surface area contributed by atoms with E-state index in [1.54, 1.807) is 0 Å². The Bertz CT molecular complexity index is 5880. The molecule has 3 aromatic heterocycles. The van der Waals surface area contributed by atoms with Crippen LogP contribution in [0.1, 0.15) is 0 Å². The number of pyridine rings is 2. The van der Waals surface area contributed by atoms with Crippen LogP contribution in [-0.2, 0) is 0 Å². The van der Waals surface area contributed by atoms with Crippen molar-refractivity contribution in [1.82, 2.24) is 15.0 Å². The molecule has 85 heavy (non-hydrogen) atoms. The first-order chi connectivity index (χ1) is 42.0.